The predicted molar refractivity (Wildman–Crippen MR) is 144 cm³/mol. The Morgan fingerprint density at radius 1 is 0.865 bits per heavy atom. The normalized spacial score (nSPS) is 14.3. The van der Waals surface area contributed by atoms with E-state index in [1.165, 1.54) is 7.11 Å². The molecule has 0 aliphatic heterocycles. The predicted octanol–water partition coefficient (Wildman–Crippen LogP) is 5.27. The first-order chi connectivity index (χ1) is 18.0. The Hall–Kier alpha value is -3.71. The van der Waals surface area contributed by atoms with E-state index in [2.05, 4.69) is 18.0 Å². The van der Waals surface area contributed by atoms with Crippen LogP contribution in [0.15, 0.2) is 53.3 Å². The lowest BCUT2D eigenvalue weighted by atomic mass is 9.95. The number of hydrogen-bond acceptors (Lipinski definition) is 7. The topological polar surface area (TPSA) is 66.5 Å². The Kier molecular flexibility index (Phi) is 8.24. The lowest BCUT2D eigenvalue weighted by molar-refractivity contribution is 0.221. The summed E-state index contributed by atoms with van der Waals surface area (Å²) < 4.78 is 28.5. The van der Waals surface area contributed by atoms with Crippen LogP contribution in [0.25, 0.3) is 11.1 Å². The van der Waals surface area contributed by atoms with Crippen LogP contribution in [0.3, 0.4) is 0 Å². The summed E-state index contributed by atoms with van der Waals surface area (Å²) in [5, 5.41) is 0. The number of aryl methyl sites for hydroxylation is 1. The van der Waals surface area contributed by atoms with Gasteiger partial charge in [-0.3, -0.25) is 9.69 Å². The van der Waals surface area contributed by atoms with Crippen LogP contribution in [0.2, 0.25) is 0 Å². The Morgan fingerprint density at radius 2 is 1.59 bits per heavy atom. The fourth-order valence-electron chi connectivity index (χ4n) is 5.21. The number of fused-ring (bicyclic) bond motifs is 3. The Morgan fingerprint density at radius 3 is 2.27 bits per heavy atom. The molecule has 196 valence electrons. The number of rotatable bonds is 9. The molecular formula is C30H35NO6. The molecule has 0 heterocycles. The molecule has 0 spiro atoms. The first-order valence-electron chi connectivity index (χ1n) is 12.4. The Labute approximate surface area is 218 Å². The van der Waals surface area contributed by atoms with Crippen molar-refractivity contribution in [3.05, 3.63) is 75.4 Å². The van der Waals surface area contributed by atoms with Crippen molar-refractivity contribution < 1.29 is 23.7 Å². The van der Waals surface area contributed by atoms with Crippen molar-refractivity contribution in [1.82, 2.24) is 4.90 Å². The third kappa shape index (κ3) is 5.09. The third-order valence-corrected chi connectivity index (χ3v) is 6.91. The molecule has 3 aromatic carbocycles. The molecule has 1 aliphatic rings. The van der Waals surface area contributed by atoms with Gasteiger partial charge in [-0.05, 0) is 67.8 Å². The summed E-state index contributed by atoms with van der Waals surface area (Å²) >= 11 is 0. The van der Waals surface area contributed by atoms with Crippen molar-refractivity contribution in [1.29, 1.82) is 0 Å². The van der Waals surface area contributed by atoms with E-state index < -0.39 is 0 Å². The average molecular weight is 506 g/mol. The number of methoxy groups -OCH3 is 4. The van der Waals surface area contributed by atoms with Crippen molar-refractivity contribution in [2.45, 2.75) is 32.4 Å². The molecule has 0 amide bonds. The molecule has 0 saturated heterocycles. The molecule has 7 heteroatoms. The van der Waals surface area contributed by atoms with E-state index in [-0.39, 0.29) is 17.2 Å². The summed E-state index contributed by atoms with van der Waals surface area (Å²) in [5.74, 6) is 2.88. The van der Waals surface area contributed by atoms with E-state index in [1.54, 1.807) is 33.5 Å². The Balaban J connectivity index is 1.92. The summed E-state index contributed by atoms with van der Waals surface area (Å²) in [5.41, 5.74) is 4.71. The largest absolute Gasteiger partial charge is 0.494 e. The van der Waals surface area contributed by atoms with E-state index in [1.807, 2.05) is 37.3 Å². The number of nitrogens with zero attached hydrogens (tertiary/aromatic N) is 1. The van der Waals surface area contributed by atoms with Crippen molar-refractivity contribution in [3.8, 4) is 39.9 Å². The zero-order chi connectivity index (χ0) is 26.5. The first kappa shape index (κ1) is 26.4. The highest BCUT2D eigenvalue weighted by atomic mass is 16.5. The van der Waals surface area contributed by atoms with Crippen LogP contribution in [-0.4, -0.2) is 47.0 Å². The van der Waals surface area contributed by atoms with Gasteiger partial charge in [0, 0.05) is 23.7 Å². The maximum Gasteiger partial charge on any atom is 0.220 e. The van der Waals surface area contributed by atoms with Crippen LogP contribution < -0.4 is 29.1 Å². The molecule has 0 N–H and O–H groups in total. The van der Waals surface area contributed by atoms with Gasteiger partial charge in [0.15, 0.2) is 17.2 Å². The van der Waals surface area contributed by atoms with Gasteiger partial charge >= 0.3 is 0 Å². The van der Waals surface area contributed by atoms with Gasteiger partial charge in [-0.15, -0.1) is 0 Å². The number of para-hydroxylation sites is 1. The van der Waals surface area contributed by atoms with Crippen LogP contribution in [0, 0.1) is 0 Å². The zero-order valence-electron chi connectivity index (χ0n) is 22.4. The third-order valence-electron chi connectivity index (χ3n) is 6.91. The van der Waals surface area contributed by atoms with Gasteiger partial charge in [0.1, 0.15) is 5.75 Å². The molecule has 0 radical (unpaired) electrons. The SMILES string of the molecule is CCOc1ccccc1CN(C)C1CCc2cc(OC)c(OC)c(OC)c2-c2ccc(OC)c(=O)cc21. The summed E-state index contributed by atoms with van der Waals surface area (Å²) in [6.07, 6.45) is 1.55. The lowest BCUT2D eigenvalue weighted by Gasteiger charge is -2.29. The highest BCUT2D eigenvalue weighted by molar-refractivity contribution is 5.82. The van der Waals surface area contributed by atoms with Crippen molar-refractivity contribution in [3.63, 3.8) is 0 Å². The van der Waals surface area contributed by atoms with Crippen LogP contribution in [0.5, 0.6) is 28.7 Å². The fourth-order valence-corrected chi connectivity index (χ4v) is 5.21. The second-order valence-corrected chi connectivity index (χ2v) is 8.97. The fraction of sp³-hybridized carbons (Fsp3) is 0.367. The lowest BCUT2D eigenvalue weighted by Crippen LogP contribution is -2.25. The van der Waals surface area contributed by atoms with E-state index in [0.717, 1.165) is 46.4 Å². The van der Waals surface area contributed by atoms with Crippen LogP contribution in [0.1, 0.15) is 36.1 Å². The summed E-state index contributed by atoms with van der Waals surface area (Å²) in [6.45, 7) is 3.24. The minimum atomic E-state index is -0.167. The molecule has 1 aliphatic carbocycles. The van der Waals surface area contributed by atoms with Gasteiger partial charge < -0.3 is 23.7 Å². The minimum absolute atomic E-state index is 0.0522. The smallest absolute Gasteiger partial charge is 0.220 e. The molecule has 37 heavy (non-hydrogen) atoms. The summed E-state index contributed by atoms with van der Waals surface area (Å²) in [6, 6.07) is 15.4. The zero-order valence-corrected chi connectivity index (χ0v) is 22.4. The minimum Gasteiger partial charge on any atom is -0.494 e. The summed E-state index contributed by atoms with van der Waals surface area (Å²) in [7, 11) is 8.44. The van der Waals surface area contributed by atoms with Crippen molar-refractivity contribution >= 4 is 0 Å². The number of hydrogen-bond donors (Lipinski definition) is 0. The van der Waals surface area contributed by atoms with Crippen LogP contribution in [-0.2, 0) is 13.0 Å². The maximum absolute atomic E-state index is 13.2. The van der Waals surface area contributed by atoms with Crippen LogP contribution >= 0.6 is 0 Å². The second-order valence-electron chi connectivity index (χ2n) is 8.97. The van der Waals surface area contributed by atoms with Crippen molar-refractivity contribution in [2.75, 3.05) is 42.1 Å². The van der Waals surface area contributed by atoms with Gasteiger partial charge in [0.25, 0.3) is 0 Å². The van der Waals surface area contributed by atoms with E-state index in [4.69, 9.17) is 23.7 Å². The molecule has 4 rings (SSSR count). The maximum atomic E-state index is 13.2. The molecule has 7 nitrogen and oxygen atoms in total. The van der Waals surface area contributed by atoms with Gasteiger partial charge in [-0.1, -0.05) is 24.3 Å². The average Bonchev–Trinajstić information content (AvgIpc) is 3.16. The molecule has 0 saturated carbocycles. The molecule has 3 aromatic rings. The second kappa shape index (κ2) is 11.6. The molecular weight excluding hydrogens is 470 g/mol. The standard InChI is InChI=1S/C30H35NO6/c1-7-37-25-11-9-8-10-20(25)18-31(2)23-14-12-19-16-27(34-4)29(35-5)30(36-6)28(19)21-13-15-26(33-3)24(32)17-22(21)23/h8-11,13,15-17,23H,7,12,14,18H2,1-6H3. The molecule has 1 atom stereocenters. The monoisotopic (exact) mass is 505 g/mol. The number of ether oxygens (including phenoxy) is 5. The van der Waals surface area contributed by atoms with Crippen LogP contribution in [0.4, 0.5) is 0 Å². The van der Waals surface area contributed by atoms with Gasteiger partial charge in [0.05, 0.1) is 35.0 Å². The van der Waals surface area contributed by atoms with E-state index in [0.29, 0.717) is 30.4 Å². The van der Waals surface area contributed by atoms with Gasteiger partial charge in [-0.25, -0.2) is 0 Å². The van der Waals surface area contributed by atoms with E-state index >= 15 is 0 Å². The highest BCUT2D eigenvalue weighted by Gasteiger charge is 2.31. The Bertz CT molecular complexity index is 1320. The van der Waals surface area contributed by atoms with Gasteiger partial charge in [-0.2, -0.15) is 0 Å². The molecule has 0 bridgehead atoms. The first-order valence-corrected chi connectivity index (χ1v) is 12.4. The highest BCUT2D eigenvalue weighted by Crippen LogP contribution is 2.51. The molecule has 1 unspecified atom stereocenters. The molecule has 0 aromatic heterocycles. The summed E-state index contributed by atoms with van der Waals surface area (Å²) in [4.78, 5) is 15.4. The van der Waals surface area contributed by atoms with Crippen molar-refractivity contribution in [2.24, 2.45) is 0 Å². The quantitative estimate of drug-likeness (QED) is 0.393. The molecule has 0 fully saturated rings. The van der Waals surface area contributed by atoms with Gasteiger partial charge in [0.2, 0.25) is 11.2 Å². The van der Waals surface area contributed by atoms with E-state index in [9.17, 15) is 4.79 Å². The number of benzene rings is 2.